The van der Waals surface area contributed by atoms with E-state index in [0.29, 0.717) is 5.92 Å². The predicted octanol–water partition coefficient (Wildman–Crippen LogP) is 3.39. The number of benzene rings is 1. The van der Waals surface area contributed by atoms with Gasteiger partial charge in [0.1, 0.15) is 5.75 Å². The van der Waals surface area contributed by atoms with Crippen LogP contribution in [0.25, 0.3) is 0 Å². The third kappa shape index (κ3) is 3.82. The van der Waals surface area contributed by atoms with E-state index in [0.717, 1.165) is 23.6 Å². The second kappa shape index (κ2) is 5.64. The van der Waals surface area contributed by atoms with Crippen LogP contribution in [0.3, 0.4) is 0 Å². The summed E-state index contributed by atoms with van der Waals surface area (Å²) in [5, 5.41) is 0. The molecule has 0 saturated carbocycles. The van der Waals surface area contributed by atoms with E-state index in [2.05, 4.69) is 13.8 Å². The topological polar surface area (TPSA) is 35.2 Å². The first kappa shape index (κ1) is 11.9. The predicted molar refractivity (Wildman–Crippen MR) is 65.2 cm³/mol. The van der Waals surface area contributed by atoms with Gasteiger partial charge in [-0.2, -0.15) is 0 Å². The van der Waals surface area contributed by atoms with Crippen LogP contribution < -0.4 is 10.5 Å². The van der Waals surface area contributed by atoms with Gasteiger partial charge in [-0.3, -0.25) is 0 Å². The lowest BCUT2D eigenvalue weighted by atomic mass is 10.1. The molecule has 0 aliphatic carbocycles. The molecule has 1 aromatic rings. The van der Waals surface area contributed by atoms with Crippen molar-refractivity contribution in [3.8, 4) is 5.75 Å². The number of hydrogen-bond acceptors (Lipinski definition) is 2. The van der Waals surface area contributed by atoms with E-state index in [1.807, 2.05) is 25.1 Å². The summed E-state index contributed by atoms with van der Waals surface area (Å²) in [5.74, 6) is 1.57. The van der Waals surface area contributed by atoms with Crippen molar-refractivity contribution < 1.29 is 4.74 Å². The van der Waals surface area contributed by atoms with Crippen molar-refractivity contribution in [3.63, 3.8) is 0 Å². The monoisotopic (exact) mass is 207 g/mol. The zero-order chi connectivity index (χ0) is 11.3. The summed E-state index contributed by atoms with van der Waals surface area (Å²) in [6, 6.07) is 5.77. The zero-order valence-electron chi connectivity index (χ0n) is 9.92. The minimum atomic E-state index is 0.618. The Labute approximate surface area is 92.4 Å². The summed E-state index contributed by atoms with van der Waals surface area (Å²) in [6.45, 7) is 7.23. The van der Waals surface area contributed by atoms with Gasteiger partial charge < -0.3 is 10.5 Å². The normalized spacial score (nSPS) is 12.5. The van der Waals surface area contributed by atoms with E-state index >= 15 is 0 Å². The fourth-order valence-electron chi connectivity index (χ4n) is 1.64. The lowest BCUT2D eigenvalue weighted by molar-refractivity contribution is 0.250. The third-order valence-electron chi connectivity index (χ3n) is 2.50. The van der Waals surface area contributed by atoms with E-state index in [1.54, 1.807) is 0 Å². The molecule has 2 N–H and O–H groups in total. The Balaban J connectivity index is 2.50. The Morgan fingerprint density at radius 2 is 2.13 bits per heavy atom. The molecular formula is C13H21NO. The Kier molecular flexibility index (Phi) is 4.47. The quantitative estimate of drug-likeness (QED) is 0.751. The van der Waals surface area contributed by atoms with Crippen LogP contribution in [0.15, 0.2) is 18.2 Å². The second-order valence-corrected chi connectivity index (χ2v) is 4.23. The standard InChI is InChI=1S/C13H21NO/c1-4-5-10(2)9-15-13-7-6-12(14)8-11(13)3/h6-8,10H,4-5,9,14H2,1-3H3/t10-/m1/s1. The van der Waals surface area contributed by atoms with Crippen LogP contribution in [-0.2, 0) is 0 Å². The van der Waals surface area contributed by atoms with Gasteiger partial charge in [-0.15, -0.1) is 0 Å². The van der Waals surface area contributed by atoms with E-state index in [1.165, 1.54) is 12.8 Å². The van der Waals surface area contributed by atoms with Crippen molar-refractivity contribution in [2.45, 2.75) is 33.6 Å². The first-order valence-electron chi connectivity index (χ1n) is 5.62. The lowest BCUT2D eigenvalue weighted by Gasteiger charge is -2.13. The van der Waals surface area contributed by atoms with E-state index in [4.69, 9.17) is 10.5 Å². The molecule has 2 heteroatoms. The van der Waals surface area contributed by atoms with E-state index < -0.39 is 0 Å². The molecule has 0 saturated heterocycles. The molecule has 0 aromatic heterocycles. The van der Waals surface area contributed by atoms with Gasteiger partial charge in [-0.25, -0.2) is 0 Å². The molecule has 0 aliphatic rings. The van der Waals surface area contributed by atoms with Gasteiger partial charge in [0.25, 0.3) is 0 Å². The fraction of sp³-hybridized carbons (Fsp3) is 0.538. The second-order valence-electron chi connectivity index (χ2n) is 4.23. The van der Waals surface area contributed by atoms with E-state index in [9.17, 15) is 0 Å². The number of aryl methyl sites for hydroxylation is 1. The molecule has 84 valence electrons. The van der Waals surface area contributed by atoms with Gasteiger partial charge in [0.2, 0.25) is 0 Å². The van der Waals surface area contributed by atoms with Gasteiger partial charge in [0.05, 0.1) is 6.61 Å². The van der Waals surface area contributed by atoms with Gasteiger partial charge in [-0.1, -0.05) is 20.3 Å². The maximum Gasteiger partial charge on any atom is 0.122 e. The lowest BCUT2D eigenvalue weighted by Crippen LogP contribution is -2.08. The third-order valence-corrected chi connectivity index (χ3v) is 2.50. The minimum Gasteiger partial charge on any atom is -0.493 e. The van der Waals surface area contributed by atoms with Crippen LogP contribution in [0, 0.1) is 12.8 Å². The van der Waals surface area contributed by atoms with E-state index in [-0.39, 0.29) is 0 Å². The molecule has 0 fully saturated rings. The Morgan fingerprint density at radius 3 is 2.73 bits per heavy atom. The summed E-state index contributed by atoms with van der Waals surface area (Å²) in [6.07, 6.45) is 2.43. The molecule has 1 aromatic carbocycles. The van der Waals surface area contributed by atoms with Gasteiger partial charge in [0, 0.05) is 5.69 Å². The summed E-state index contributed by atoms with van der Waals surface area (Å²) >= 11 is 0. The van der Waals surface area contributed by atoms with Gasteiger partial charge in [-0.05, 0) is 43.0 Å². The number of ether oxygens (including phenoxy) is 1. The van der Waals surface area contributed by atoms with Crippen molar-refractivity contribution in [1.29, 1.82) is 0 Å². The first-order valence-corrected chi connectivity index (χ1v) is 5.62. The van der Waals surface area contributed by atoms with Gasteiger partial charge in [0.15, 0.2) is 0 Å². The molecule has 0 aliphatic heterocycles. The van der Waals surface area contributed by atoms with Crippen LogP contribution in [0.4, 0.5) is 5.69 Å². The van der Waals surface area contributed by atoms with Crippen molar-refractivity contribution in [2.24, 2.45) is 5.92 Å². The minimum absolute atomic E-state index is 0.618. The van der Waals surface area contributed by atoms with Crippen LogP contribution in [0.1, 0.15) is 32.3 Å². The molecular weight excluding hydrogens is 186 g/mol. The van der Waals surface area contributed by atoms with Crippen LogP contribution >= 0.6 is 0 Å². The highest BCUT2D eigenvalue weighted by molar-refractivity contribution is 5.47. The largest absolute Gasteiger partial charge is 0.493 e. The smallest absolute Gasteiger partial charge is 0.122 e. The molecule has 0 heterocycles. The Morgan fingerprint density at radius 1 is 1.40 bits per heavy atom. The van der Waals surface area contributed by atoms with Crippen molar-refractivity contribution in [2.75, 3.05) is 12.3 Å². The molecule has 0 unspecified atom stereocenters. The number of nitrogens with two attached hydrogens (primary N) is 1. The molecule has 0 radical (unpaired) electrons. The first-order chi connectivity index (χ1) is 7.13. The average molecular weight is 207 g/mol. The molecule has 2 nitrogen and oxygen atoms in total. The average Bonchev–Trinajstić information content (AvgIpc) is 2.17. The summed E-state index contributed by atoms with van der Waals surface area (Å²) in [4.78, 5) is 0. The number of hydrogen-bond donors (Lipinski definition) is 1. The number of nitrogen functional groups attached to an aromatic ring is 1. The molecule has 1 rings (SSSR count). The van der Waals surface area contributed by atoms with Crippen LogP contribution in [0.5, 0.6) is 5.75 Å². The molecule has 0 spiro atoms. The molecule has 15 heavy (non-hydrogen) atoms. The van der Waals surface area contributed by atoms with Crippen LogP contribution in [0.2, 0.25) is 0 Å². The summed E-state index contributed by atoms with van der Waals surface area (Å²) in [7, 11) is 0. The highest BCUT2D eigenvalue weighted by Gasteiger charge is 2.04. The fourth-order valence-corrected chi connectivity index (χ4v) is 1.64. The number of anilines is 1. The van der Waals surface area contributed by atoms with Gasteiger partial charge >= 0.3 is 0 Å². The van der Waals surface area contributed by atoms with Crippen LogP contribution in [-0.4, -0.2) is 6.61 Å². The van der Waals surface area contributed by atoms with Crippen molar-refractivity contribution in [3.05, 3.63) is 23.8 Å². The van der Waals surface area contributed by atoms with Crippen molar-refractivity contribution >= 4 is 5.69 Å². The summed E-state index contributed by atoms with van der Waals surface area (Å²) < 4.78 is 5.75. The Bertz CT molecular complexity index is 309. The maximum atomic E-state index is 5.75. The Hall–Kier alpha value is -1.18. The summed E-state index contributed by atoms with van der Waals surface area (Å²) in [5.41, 5.74) is 7.58. The molecule has 0 bridgehead atoms. The molecule has 1 atom stereocenters. The maximum absolute atomic E-state index is 5.75. The highest BCUT2D eigenvalue weighted by atomic mass is 16.5. The number of rotatable bonds is 5. The SMILES string of the molecule is CCC[C@@H](C)COc1ccc(N)cc1C. The highest BCUT2D eigenvalue weighted by Crippen LogP contribution is 2.21. The van der Waals surface area contributed by atoms with Crippen molar-refractivity contribution in [1.82, 2.24) is 0 Å². The molecule has 0 amide bonds. The zero-order valence-corrected chi connectivity index (χ0v) is 9.92.